The largest absolute Gasteiger partial charge is 0.339 e. The Labute approximate surface area is 104 Å². The van der Waals surface area contributed by atoms with Crippen molar-refractivity contribution in [3.8, 4) is 0 Å². The van der Waals surface area contributed by atoms with Gasteiger partial charge in [-0.25, -0.2) is 4.39 Å². The number of aromatic nitrogens is 2. The molecule has 0 radical (unpaired) electrons. The van der Waals surface area contributed by atoms with E-state index in [0.29, 0.717) is 23.2 Å². The molecule has 3 rings (SSSR count). The molecule has 2 aromatic rings. The summed E-state index contributed by atoms with van der Waals surface area (Å²) in [5.74, 6) is 1.00. The summed E-state index contributed by atoms with van der Waals surface area (Å²) in [6.45, 7) is 1.89. The molecule has 1 fully saturated rings. The molecule has 1 aliphatic rings. The van der Waals surface area contributed by atoms with Crippen LogP contribution >= 0.6 is 0 Å². The van der Waals surface area contributed by atoms with E-state index < -0.39 is 6.04 Å². The van der Waals surface area contributed by atoms with Crippen molar-refractivity contribution in [2.45, 2.75) is 31.7 Å². The number of nitrogens with two attached hydrogens (primary N) is 1. The first kappa shape index (κ1) is 11.3. The van der Waals surface area contributed by atoms with Gasteiger partial charge < -0.3 is 10.3 Å². The lowest BCUT2D eigenvalue weighted by Crippen LogP contribution is -2.15. The molecule has 1 atom stereocenters. The zero-order valence-electron chi connectivity index (χ0n) is 10.1. The second kappa shape index (κ2) is 4.17. The first-order valence-corrected chi connectivity index (χ1v) is 6.00. The highest BCUT2D eigenvalue weighted by molar-refractivity contribution is 5.30. The van der Waals surface area contributed by atoms with Gasteiger partial charge in [-0.1, -0.05) is 22.9 Å². The van der Waals surface area contributed by atoms with Gasteiger partial charge in [-0.05, 0) is 25.8 Å². The molecule has 1 aromatic heterocycles. The zero-order chi connectivity index (χ0) is 12.7. The van der Waals surface area contributed by atoms with Crippen LogP contribution in [0, 0.1) is 12.7 Å². The number of rotatable bonds is 3. The normalized spacial score (nSPS) is 16.8. The van der Waals surface area contributed by atoms with Crippen molar-refractivity contribution >= 4 is 0 Å². The minimum absolute atomic E-state index is 0.342. The van der Waals surface area contributed by atoms with Crippen LogP contribution in [0.3, 0.4) is 0 Å². The SMILES string of the molecule is Cc1ccc(F)c(C(N)c2noc(C3CC3)n2)c1. The van der Waals surface area contributed by atoms with E-state index in [1.165, 1.54) is 6.07 Å². The van der Waals surface area contributed by atoms with Gasteiger partial charge in [-0.3, -0.25) is 0 Å². The lowest BCUT2D eigenvalue weighted by Gasteiger charge is -2.09. The highest BCUT2D eigenvalue weighted by Gasteiger charge is 2.31. The van der Waals surface area contributed by atoms with E-state index in [1.54, 1.807) is 12.1 Å². The maximum Gasteiger partial charge on any atom is 0.229 e. The van der Waals surface area contributed by atoms with Crippen LogP contribution in [-0.2, 0) is 0 Å². The molecule has 1 unspecified atom stereocenters. The molecular formula is C13H14FN3O. The average molecular weight is 247 g/mol. The van der Waals surface area contributed by atoms with E-state index in [4.69, 9.17) is 10.3 Å². The molecule has 94 valence electrons. The topological polar surface area (TPSA) is 64.9 Å². The Balaban J connectivity index is 1.92. The van der Waals surface area contributed by atoms with Gasteiger partial charge in [0.15, 0.2) is 5.82 Å². The number of hydrogen-bond acceptors (Lipinski definition) is 4. The minimum atomic E-state index is -0.679. The summed E-state index contributed by atoms with van der Waals surface area (Å²) in [5, 5.41) is 3.85. The van der Waals surface area contributed by atoms with E-state index >= 15 is 0 Å². The van der Waals surface area contributed by atoms with Crippen LogP contribution in [0.2, 0.25) is 0 Å². The molecule has 0 saturated heterocycles. The molecule has 0 bridgehead atoms. The first-order chi connectivity index (χ1) is 8.65. The van der Waals surface area contributed by atoms with Crippen LogP contribution in [0.25, 0.3) is 0 Å². The maximum absolute atomic E-state index is 13.7. The van der Waals surface area contributed by atoms with Crippen LogP contribution in [0.15, 0.2) is 22.7 Å². The highest BCUT2D eigenvalue weighted by atomic mass is 19.1. The smallest absolute Gasteiger partial charge is 0.229 e. The fourth-order valence-corrected chi connectivity index (χ4v) is 1.91. The minimum Gasteiger partial charge on any atom is -0.339 e. The Morgan fingerprint density at radius 1 is 1.44 bits per heavy atom. The lowest BCUT2D eigenvalue weighted by atomic mass is 10.0. The Morgan fingerprint density at radius 2 is 2.22 bits per heavy atom. The standard InChI is InChI=1S/C13H14FN3O/c1-7-2-5-10(14)9(6-7)11(15)12-16-13(18-17-12)8-3-4-8/h2,5-6,8,11H,3-4,15H2,1H3. The van der Waals surface area contributed by atoms with Crippen molar-refractivity contribution in [1.29, 1.82) is 0 Å². The quantitative estimate of drug-likeness (QED) is 0.904. The van der Waals surface area contributed by atoms with Crippen molar-refractivity contribution in [3.05, 3.63) is 46.9 Å². The van der Waals surface area contributed by atoms with Gasteiger partial charge in [-0.2, -0.15) is 4.98 Å². The zero-order valence-corrected chi connectivity index (χ0v) is 10.1. The van der Waals surface area contributed by atoms with Crippen molar-refractivity contribution in [2.75, 3.05) is 0 Å². The van der Waals surface area contributed by atoms with Gasteiger partial charge in [-0.15, -0.1) is 0 Å². The van der Waals surface area contributed by atoms with Gasteiger partial charge >= 0.3 is 0 Å². The van der Waals surface area contributed by atoms with E-state index in [1.807, 2.05) is 6.92 Å². The van der Waals surface area contributed by atoms with Gasteiger partial charge in [0.05, 0.1) is 6.04 Å². The second-order valence-electron chi connectivity index (χ2n) is 4.77. The van der Waals surface area contributed by atoms with E-state index in [0.717, 1.165) is 18.4 Å². The molecule has 5 heteroatoms. The predicted molar refractivity (Wildman–Crippen MR) is 63.4 cm³/mol. The fourth-order valence-electron chi connectivity index (χ4n) is 1.91. The molecule has 1 aliphatic carbocycles. The number of aryl methyl sites for hydroxylation is 1. The third kappa shape index (κ3) is 2.01. The van der Waals surface area contributed by atoms with Crippen molar-refractivity contribution in [1.82, 2.24) is 10.1 Å². The summed E-state index contributed by atoms with van der Waals surface area (Å²) in [4.78, 5) is 4.25. The predicted octanol–water partition coefficient (Wildman–Crippen LogP) is 2.44. The average Bonchev–Trinajstić information content (AvgIpc) is 3.09. The van der Waals surface area contributed by atoms with Crippen LogP contribution in [-0.4, -0.2) is 10.1 Å². The van der Waals surface area contributed by atoms with Crippen LogP contribution in [0.4, 0.5) is 4.39 Å². The van der Waals surface area contributed by atoms with Crippen molar-refractivity contribution in [3.63, 3.8) is 0 Å². The van der Waals surface area contributed by atoms with Crippen LogP contribution in [0.5, 0.6) is 0 Å². The van der Waals surface area contributed by atoms with E-state index in [2.05, 4.69) is 10.1 Å². The Morgan fingerprint density at radius 3 is 2.94 bits per heavy atom. The molecule has 0 amide bonds. The highest BCUT2D eigenvalue weighted by Crippen LogP contribution is 2.39. The van der Waals surface area contributed by atoms with E-state index in [9.17, 15) is 4.39 Å². The Bertz CT molecular complexity index is 577. The third-order valence-corrected chi connectivity index (χ3v) is 3.15. The second-order valence-corrected chi connectivity index (χ2v) is 4.77. The molecule has 1 aromatic carbocycles. The summed E-state index contributed by atoms with van der Waals surface area (Å²) < 4.78 is 18.9. The lowest BCUT2D eigenvalue weighted by molar-refractivity contribution is 0.372. The molecular weight excluding hydrogens is 233 g/mol. The molecule has 4 nitrogen and oxygen atoms in total. The van der Waals surface area contributed by atoms with Crippen LogP contribution in [0.1, 0.15) is 47.6 Å². The summed E-state index contributed by atoms with van der Waals surface area (Å²) in [7, 11) is 0. The van der Waals surface area contributed by atoms with Gasteiger partial charge in [0.2, 0.25) is 5.89 Å². The van der Waals surface area contributed by atoms with Gasteiger partial charge in [0.1, 0.15) is 5.82 Å². The molecule has 1 heterocycles. The maximum atomic E-state index is 13.7. The molecule has 1 saturated carbocycles. The number of nitrogens with zero attached hydrogens (tertiary/aromatic N) is 2. The molecule has 0 aliphatic heterocycles. The molecule has 0 spiro atoms. The van der Waals surface area contributed by atoms with Crippen LogP contribution < -0.4 is 5.73 Å². The van der Waals surface area contributed by atoms with E-state index in [-0.39, 0.29) is 5.82 Å². The number of halogens is 1. The third-order valence-electron chi connectivity index (χ3n) is 3.15. The summed E-state index contributed by atoms with van der Waals surface area (Å²) in [6.07, 6.45) is 2.16. The molecule has 18 heavy (non-hydrogen) atoms. The monoisotopic (exact) mass is 247 g/mol. The van der Waals surface area contributed by atoms with Crippen molar-refractivity contribution < 1.29 is 8.91 Å². The fraction of sp³-hybridized carbons (Fsp3) is 0.385. The summed E-state index contributed by atoms with van der Waals surface area (Å²) in [6, 6.07) is 4.15. The number of hydrogen-bond donors (Lipinski definition) is 1. The van der Waals surface area contributed by atoms with Gasteiger partial charge in [0, 0.05) is 11.5 Å². The molecule has 2 N–H and O–H groups in total. The summed E-state index contributed by atoms with van der Waals surface area (Å²) in [5.41, 5.74) is 7.35. The van der Waals surface area contributed by atoms with Gasteiger partial charge in [0.25, 0.3) is 0 Å². The summed E-state index contributed by atoms with van der Waals surface area (Å²) >= 11 is 0. The Kier molecular flexibility index (Phi) is 2.63. The number of benzene rings is 1. The Hall–Kier alpha value is -1.75. The first-order valence-electron chi connectivity index (χ1n) is 6.00. The van der Waals surface area contributed by atoms with Crippen molar-refractivity contribution in [2.24, 2.45) is 5.73 Å².